The van der Waals surface area contributed by atoms with Crippen molar-refractivity contribution in [2.24, 2.45) is 0 Å². The van der Waals surface area contributed by atoms with Crippen LogP contribution in [0.1, 0.15) is 21.5 Å². The van der Waals surface area contributed by atoms with Crippen LogP contribution in [0.25, 0.3) is 10.8 Å². The molecule has 4 heteroatoms. The lowest BCUT2D eigenvalue weighted by molar-refractivity contribution is 0.102. The van der Waals surface area contributed by atoms with E-state index >= 15 is 0 Å². The molecule has 0 atom stereocenters. The fraction of sp³-hybridized carbons (Fsp3) is 0.105. The standard InChI is InChI=1S/C19H13Cl2NO/c20-14-5-2-6-15(21)18(14)19(23)22-16-10-9-12-8-7-11-3-1-4-13(16)17(11)12/h1-6,9-10H,7-8H2,(H,22,23). The van der Waals surface area contributed by atoms with E-state index in [4.69, 9.17) is 23.2 Å². The molecule has 2 nitrogen and oxygen atoms in total. The second kappa shape index (κ2) is 5.55. The molecule has 23 heavy (non-hydrogen) atoms. The highest BCUT2D eigenvalue weighted by Crippen LogP contribution is 2.35. The van der Waals surface area contributed by atoms with Crippen molar-refractivity contribution in [3.05, 3.63) is 75.3 Å². The van der Waals surface area contributed by atoms with Crippen LogP contribution in [0.3, 0.4) is 0 Å². The Labute approximate surface area is 144 Å². The van der Waals surface area contributed by atoms with E-state index in [1.807, 2.05) is 18.2 Å². The first-order chi connectivity index (χ1) is 11.1. The number of halogens is 2. The lowest BCUT2D eigenvalue weighted by Crippen LogP contribution is -2.13. The molecular formula is C19H13Cl2NO. The number of aryl methyl sites for hydroxylation is 2. The first kappa shape index (κ1) is 14.6. The molecule has 0 fully saturated rings. The van der Waals surface area contributed by atoms with Crippen molar-refractivity contribution in [2.75, 3.05) is 5.32 Å². The van der Waals surface area contributed by atoms with Crippen LogP contribution in [0, 0.1) is 0 Å². The molecule has 3 aromatic carbocycles. The van der Waals surface area contributed by atoms with Gasteiger partial charge in [-0.05, 0) is 47.6 Å². The molecule has 0 heterocycles. The molecule has 0 spiro atoms. The summed E-state index contributed by atoms with van der Waals surface area (Å²) < 4.78 is 0. The van der Waals surface area contributed by atoms with E-state index in [0.717, 1.165) is 23.9 Å². The molecule has 0 aromatic heterocycles. The maximum atomic E-state index is 12.6. The van der Waals surface area contributed by atoms with Gasteiger partial charge in [-0.25, -0.2) is 0 Å². The second-order valence-electron chi connectivity index (χ2n) is 5.66. The van der Waals surface area contributed by atoms with Gasteiger partial charge in [0.1, 0.15) is 0 Å². The summed E-state index contributed by atoms with van der Waals surface area (Å²) in [6, 6.07) is 15.3. The molecule has 4 rings (SSSR count). The third-order valence-corrected chi connectivity index (χ3v) is 4.94. The molecule has 0 bridgehead atoms. The average Bonchev–Trinajstić information content (AvgIpc) is 2.95. The Bertz CT molecular complexity index is 919. The Kier molecular flexibility index (Phi) is 3.51. The Hall–Kier alpha value is -2.03. The zero-order chi connectivity index (χ0) is 16.0. The largest absolute Gasteiger partial charge is 0.321 e. The smallest absolute Gasteiger partial charge is 0.258 e. The topological polar surface area (TPSA) is 29.1 Å². The van der Waals surface area contributed by atoms with Gasteiger partial charge in [0.15, 0.2) is 0 Å². The fourth-order valence-electron chi connectivity index (χ4n) is 3.26. The third-order valence-electron chi connectivity index (χ3n) is 4.31. The predicted molar refractivity (Wildman–Crippen MR) is 95.8 cm³/mol. The number of anilines is 1. The monoisotopic (exact) mass is 341 g/mol. The SMILES string of the molecule is O=C(Nc1ccc2c3c(cccc13)CC2)c1c(Cl)cccc1Cl. The molecule has 1 amide bonds. The molecular weight excluding hydrogens is 329 g/mol. The first-order valence-corrected chi connectivity index (χ1v) is 8.19. The van der Waals surface area contributed by atoms with Crippen molar-refractivity contribution < 1.29 is 4.79 Å². The van der Waals surface area contributed by atoms with E-state index in [0.29, 0.717) is 15.6 Å². The van der Waals surface area contributed by atoms with E-state index < -0.39 is 0 Å². The molecule has 0 radical (unpaired) electrons. The predicted octanol–water partition coefficient (Wildman–Crippen LogP) is 5.50. The minimum absolute atomic E-state index is 0.292. The zero-order valence-electron chi connectivity index (χ0n) is 12.2. The average molecular weight is 342 g/mol. The van der Waals surface area contributed by atoms with Gasteiger partial charge < -0.3 is 5.32 Å². The maximum Gasteiger partial charge on any atom is 0.258 e. The van der Waals surface area contributed by atoms with Crippen molar-refractivity contribution >= 4 is 45.6 Å². The van der Waals surface area contributed by atoms with Gasteiger partial charge in [-0.2, -0.15) is 0 Å². The zero-order valence-corrected chi connectivity index (χ0v) is 13.7. The van der Waals surface area contributed by atoms with E-state index in [1.54, 1.807) is 18.2 Å². The van der Waals surface area contributed by atoms with Gasteiger partial charge >= 0.3 is 0 Å². The summed E-state index contributed by atoms with van der Waals surface area (Å²) in [5, 5.41) is 5.98. The van der Waals surface area contributed by atoms with Crippen LogP contribution >= 0.6 is 23.2 Å². The summed E-state index contributed by atoms with van der Waals surface area (Å²) in [5.74, 6) is -0.292. The van der Waals surface area contributed by atoms with E-state index in [1.165, 1.54) is 16.5 Å². The number of rotatable bonds is 2. The third kappa shape index (κ3) is 2.39. The van der Waals surface area contributed by atoms with Gasteiger partial charge in [0.2, 0.25) is 0 Å². The molecule has 3 aromatic rings. The highest BCUT2D eigenvalue weighted by molar-refractivity contribution is 6.40. The van der Waals surface area contributed by atoms with Crippen LogP contribution in [0.15, 0.2) is 48.5 Å². The van der Waals surface area contributed by atoms with E-state index in [2.05, 4.69) is 17.4 Å². The minimum Gasteiger partial charge on any atom is -0.321 e. The lowest BCUT2D eigenvalue weighted by Gasteiger charge is -2.12. The Morgan fingerprint density at radius 3 is 2.26 bits per heavy atom. The van der Waals surface area contributed by atoms with E-state index in [9.17, 15) is 4.79 Å². The number of amides is 1. The molecule has 1 aliphatic carbocycles. The molecule has 0 saturated carbocycles. The Morgan fingerprint density at radius 1 is 0.870 bits per heavy atom. The lowest BCUT2D eigenvalue weighted by atomic mass is 10.0. The highest BCUT2D eigenvalue weighted by atomic mass is 35.5. The van der Waals surface area contributed by atoms with Gasteiger partial charge in [0, 0.05) is 11.1 Å². The van der Waals surface area contributed by atoms with E-state index in [-0.39, 0.29) is 5.91 Å². The van der Waals surface area contributed by atoms with Crippen molar-refractivity contribution in [3.8, 4) is 0 Å². The van der Waals surface area contributed by atoms with Gasteiger partial charge in [-0.3, -0.25) is 4.79 Å². The number of hydrogen-bond donors (Lipinski definition) is 1. The van der Waals surface area contributed by atoms with Crippen molar-refractivity contribution in [1.82, 2.24) is 0 Å². The highest BCUT2D eigenvalue weighted by Gasteiger charge is 2.19. The quantitative estimate of drug-likeness (QED) is 0.655. The summed E-state index contributed by atoms with van der Waals surface area (Å²) in [4.78, 5) is 12.6. The van der Waals surface area contributed by atoms with Crippen LogP contribution in [0.2, 0.25) is 10.0 Å². The van der Waals surface area contributed by atoms with Crippen LogP contribution in [-0.4, -0.2) is 5.91 Å². The maximum absolute atomic E-state index is 12.6. The fourth-order valence-corrected chi connectivity index (χ4v) is 3.82. The molecule has 114 valence electrons. The first-order valence-electron chi connectivity index (χ1n) is 7.44. The molecule has 1 N–H and O–H groups in total. The van der Waals surface area contributed by atoms with Gasteiger partial charge in [-0.1, -0.05) is 53.5 Å². The summed E-state index contributed by atoms with van der Waals surface area (Å²) in [6.07, 6.45) is 2.11. The number of nitrogens with one attached hydrogen (secondary N) is 1. The number of carbonyl (C=O) groups excluding carboxylic acids is 1. The van der Waals surface area contributed by atoms with Crippen molar-refractivity contribution in [3.63, 3.8) is 0 Å². The van der Waals surface area contributed by atoms with Gasteiger partial charge in [0.25, 0.3) is 5.91 Å². The van der Waals surface area contributed by atoms with Crippen LogP contribution in [0.4, 0.5) is 5.69 Å². The summed E-state index contributed by atoms with van der Waals surface area (Å²) in [5.41, 5.74) is 3.77. The minimum atomic E-state index is -0.292. The Balaban J connectivity index is 1.79. The number of carbonyl (C=O) groups is 1. The Morgan fingerprint density at radius 2 is 1.52 bits per heavy atom. The van der Waals surface area contributed by atoms with Gasteiger partial charge in [-0.15, -0.1) is 0 Å². The van der Waals surface area contributed by atoms with Gasteiger partial charge in [0.05, 0.1) is 15.6 Å². The van der Waals surface area contributed by atoms with Crippen molar-refractivity contribution in [1.29, 1.82) is 0 Å². The molecule has 1 aliphatic rings. The second-order valence-corrected chi connectivity index (χ2v) is 6.48. The van der Waals surface area contributed by atoms with Crippen molar-refractivity contribution in [2.45, 2.75) is 12.8 Å². The number of benzene rings is 3. The summed E-state index contributed by atoms with van der Waals surface area (Å²) >= 11 is 12.2. The summed E-state index contributed by atoms with van der Waals surface area (Å²) in [7, 11) is 0. The molecule has 0 unspecified atom stereocenters. The normalized spacial score (nSPS) is 12.6. The van der Waals surface area contributed by atoms with Crippen LogP contribution < -0.4 is 5.32 Å². The van der Waals surface area contributed by atoms with Crippen LogP contribution in [0.5, 0.6) is 0 Å². The number of hydrogen-bond acceptors (Lipinski definition) is 1. The van der Waals surface area contributed by atoms with Crippen LogP contribution in [-0.2, 0) is 12.8 Å². The molecule has 0 aliphatic heterocycles. The summed E-state index contributed by atoms with van der Waals surface area (Å²) in [6.45, 7) is 0. The molecule has 0 saturated heterocycles.